The fraction of sp³-hybridized carbons (Fsp3) is 0.400. The van der Waals surface area contributed by atoms with E-state index >= 15 is 0 Å². The maximum atomic E-state index is 3.21. The Balaban J connectivity index is 0.00000121. The van der Waals surface area contributed by atoms with Crippen molar-refractivity contribution in [1.82, 2.24) is 0 Å². The van der Waals surface area contributed by atoms with Crippen molar-refractivity contribution >= 4 is 0 Å². The van der Waals surface area contributed by atoms with Gasteiger partial charge in [-0.05, 0) is 0 Å². The Morgan fingerprint density at radius 3 is 2.33 bits per heavy atom. The first kappa shape index (κ1) is 11.8. The molecule has 0 unspecified atom stereocenters. The first-order valence-electron chi connectivity index (χ1n) is 3.84. The molecule has 1 rings (SSSR count). The van der Waals surface area contributed by atoms with E-state index in [0.29, 0.717) is 0 Å². The van der Waals surface area contributed by atoms with E-state index in [9.17, 15) is 0 Å². The van der Waals surface area contributed by atoms with Gasteiger partial charge in [0, 0.05) is 0 Å². The molecule has 0 aromatic heterocycles. The monoisotopic (exact) mass is 251 g/mol. The number of hydrogen-bond acceptors (Lipinski definition) is 0. The van der Waals surface area contributed by atoms with Crippen LogP contribution in [0.25, 0.3) is 0 Å². The maximum absolute atomic E-state index is 3.21. The van der Waals surface area contributed by atoms with Gasteiger partial charge in [-0.1, -0.05) is 0 Å². The SMILES string of the molecule is C[N+](C)(C)Cc1[c-]cccc1.[Ru+]. The van der Waals surface area contributed by atoms with Gasteiger partial charge in [0.05, 0.1) is 27.7 Å². The summed E-state index contributed by atoms with van der Waals surface area (Å²) in [5, 5.41) is 0. The third-order valence-corrected chi connectivity index (χ3v) is 1.42. The smallest absolute Gasteiger partial charge is 0.329 e. The molecule has 0 atom stereocenters. The van der Waals surface area contributed by atoms with Gasteiger partial charge in [-0.2, -0.15) is 30.3 Å². The zero-order valence-electron chi connectivity index (χ0n) is 7.82. The molecule has 0 amide bonds. The van der Waals surface area contributed by atoms with Gasteiger partial charge in [0.1, 0.15) is 0 Å². The van der Waals surface area contributed by atoms with E-state index in [2.05, 4.69) is 39.3 Å². The number of hydrogen-bond donors (Lipinski definition) is 0. The van der Waals surface area contributed by atoms with E-state index in [1.54, 1.807) is 0 Å². The van der Waals surface area contributed by atoms with E-state index < -0.39 is 0 Å². The Kier molecular flexibility index (Phi) is 4.66. The second-order valence-corrected chi connectivity index (χ2v) is 3.84. The van der Waals surface area contributed by atoms with Crippen LogP contribution in [0.15, 0.2) is 24.3 Å². The summed E-state index contributed by atoms with van der Waals surface area (Å²) in [6.45, 7) is 1.04. The Bertz CT molecular complexity index is 213. The first-order valence-corrected chi connectivity index (χ1v) is 3.84. The summed E-state index contributed by atoms with van der Waals surface area (Å²) in [5.41, 5.74) is 1.28. The second kappa shape index (κ2) is 4.74. The molecule has 1 aromatic rings. The molecule has 67 valence electrons. The van der Waals surface area contributed by atoms with Crippen molar-refractivity contribution in [2.75, 3.05) is 21.1 Å². The van der Waals surface area contributed by atoms with Crippen LogP contribution >= 0.6 is 0 Å². The molecule has 0 N–H and O–H groups in total. The zero-order chi connectivity index (χ0) is 8.32. The van der Waals surface area contributed by atoms with Crippen LogP contribution in [0.5, 0.6) is 0 Å². The van der Waals surface area contributed by atoms with Crippen molar-refractivity contribution in [1.29, 1.82) is 0 Å². The fourth-order valence-corrected chi connectivity index (χ4v) is 1.04. The Morgan fingerprint density at radius 1 is 1.25 bits per heavy atom. The number of rotatable bonds is 2. The predicted molar refractivity (Wildman–Crippen MR) is 47.0 cm³/mol. The van der Waals surface area contributed by atoms with Crippen molar-refractivity contribution in [3.05, 3.63) is 35.9 Å². The van der Waals surface area contributed by atoms with Crippen molar-refractivity contribution in [3.8, 4) is 0 Å². The summed E-state index contributed by atoms with van der Waals surface area (Å²) < 4.78 is 0.959. The molecule has 0 spiro atoms. The summed E-state index contributed by atoms with van der Waals surface area (Å²) in [4.78, 5) is 0. The molecular formula is C10H15NRu+. The molecular weight excluding hydrogens is 235 g/mol. The first-order chi connectivity index (χ1) is 5.08. The minimum Gasteiger partial charge on any atom is -0.329 e. The third kappa shape index (κ3) is 4.63. The minimum atomic E-state index is 0. The van der Waals surface area contributed by atoms with E-state index in [0.717, 1.165) is 11.0 Å². The summed E-state index contributed by atoms with van der Waals surface area (Å²) in [5.74, 6) is 0. The van der Waals surface area contributed by atoms with Crippen molar-refractivity contribution in [3.63, 3.8) is 0 Å². The Labute approximate surface area is 87.7 Å². The van der Waals surface area contributed by atoms with Gasteiger partial charge in [-0.25, -0.2) is 0 Å². The van der Waals surface area contributed by atoms with Crippen molar-refractivity contribution in [2.45, 2.75) is 6.54 Å². The predicted octanol–water partition coefficient (Wildman–Crippen LogP) is 1.69. The average Bonchev–Trinajstić information content (AvgIpc) is 1.85. The molecule has 1 radical (unpaired) electrons. The molecule has 0 aliphatic carbocycles. The Morgan fingerprint density at radius 2 is 1.92 bits per heavy atom. The van der Waals surface area contributed by atoms with Crippen molar-refractivity contribution < 1.29 is 24.0 Å². The van der Waals surface area contributed by atoms with Crippen LogP contribution in [0.4, 0.5) is 0 Å². The summed E-state index contributed by atoms with van der Waals surface area (Å²) in [7, 11) is 6.54. The van der Waals surface area contributed by atoms with Crippen LogP contribution in [0.2, 0.25) is 0 Å². The molecule has 1 nitrogen and oxygen atoms in total. The van der Waals surface area contributed by atoms with Crippen LogP contribution in [-0.4, -0.2) is 25.6 Å². The minimum absolute atomic E-state index is 0. The topological polar surface area (TPSA) is 0 Å². The van der Waals surface area contributed by atoms with E-state index in [4.69, 9.17) is 0 Å². The van der Waals surface area contributed by atoms with Gasteiger partial charge < -0.3 is 4.48 Å². The van der Waals surface area contributed by atoms with Gasteiger partial charge in [0.15, 0.2) is 0 Å². The molecule has 0 saturated carbocycles. The quantitative estimate of drug-likeness (QED) is 0.426. The molecule has 0 heterocycles. The van der Waals surface area contributed by atoms with Gasteiger partial charge >= 0.3 is 19.5 Å². The van der Waals surface area contributed by atoms with Crippen LogP contribution in [-0.2, 0) is 26.0 Å². The molecule has 0 bridgehead atoms. The van der Waals surface area contributed by atoms with Gasteiger partial charge in [-0.15, -0.1) is 5.56 Å². The molecule has 2 heteroatoms. The summed E-state index contributed by atoms with van der Waals surface area (Å²) in [6.07, 6.45) is 0. The normalized spacial score (nSPS) is 10.6. The number of quaternary nitrogens is 1. The van der Waals surface area contributed by atoms with Gasteiger partial charge in [0.25, 0.3) is 0 Å². The van der Waals surface area contributed by atoms with E-state index in [-0.39, 0.29) is 19.5 Å². The molecule has 0 aliphatic rings. The van der Waals surface area contributed by atoms with Crippen LogP contribution in [0, 0.1) is 6.07 Å². The molecule has 0 saturated heterocycles. The van der Waals surface area contributed by atoms with Crippen LogP contribution in [0.3, 0.4) is 0 Å². The molecule has 0 fully saturated rings. The number of nitrogens with zero attached hydrogens (tertiary/aromatic N) is 1. The standard InChI is InChI=1S/C10H15N.Ru/c1-11(2,3)9-10-7-5-4-6-8-10;/h4-7H,9H2,1-3H3;/q;+1. The molecule has 0 aliphatic heterocycles. The fourth-order valence-electron chi connectivity index (χ4n) is 1.04. The third-order valence-electron chi connectivity index (χ3n) is 1.42. The second-order valence-electron chi connectivity index (χ2n) is 3.84. The van der Waals surface area contributed by atoms with Gasteiger partial charge in [0.2, 0.25) is 0 Å². The van der Waals surface area contributed by atoms with Crippen LogP contribution < -0.4 is 0 Å². The zero-order valence-corrected chi connectivity index (χ0v) is 9.56. The van der Waals surface area contributed by atoms with E-state index in [1.807, 2.05) is 12.1 Å². The van der Waals surface area contributed by atoms with Crippen molar-refractivity contribution in [2.24, 2.45) is 0 Å². The Hall–Kier alpha value is -0.197. The maximum Gasteiger partial charge on any atom is 1.00 e. The largest absolute Gasteiger partial charge is 1.00 e. The average molecular weight is 250 g/mol. The summed E-state index contributed by atoms with van der Waals surface area (Å²) in [6, 6.07) is 11.3. The van der Waals surface area contributed by atoms with E-state index in [1.165, 1.54) is 5.56 Å². The summed E-state index contributed by atoms with van der Waals surface area (Å²) >= 11 is 0. The number of benzene rings is 1. The van der Waals surface area contributed by atoms with Gasteiger partial charge in [-0.3, -0.25) is 0 Å². The molecule has 1 aromatic carbocycles. The molecule has 12 heavy (non-hydrogen) atoms. The van der Waals surface area contributed by atoms with Crippen LogP contribution in [0.1, 0.15) is 5.56 Å².